The van der Waals surface area contributed by atoms with Gasteiger partial charge in [0.1, 0.15) is 11.5 Å². The van der Waals surface area contributed by atoms with E-state index < -0.39 is 0 Å². The van der Waals surface area contributed by atoms with E-state index in [9.17, 15) is 4.79 Å². The first-order chi connectivity index (χ1) is 13.8. The van der Waals surface area contributed by atoms with Crippen molar-refractivity contribution in [2.24, 2.45) is 5.92 Å². The SMILES string of the molecule is COc1ccc(C(CCN(Cc2ccc(OC(C)C)cc2)C(C)=O)C(C)C)cc1. The molecule has 1 atom stereocenters. The number of hydrogen-bond donors (Lipinski definition) is 0. The molecule has 0 aromatic heterocycles. The van der Waals surface area contributed by atoms with E-state index in [-0.39, 0.29) is 12.0 Å². The molecule has 0 spiro atoms. The summed E-state index contributed by atoms with van der Waals surface area (Å²) in [5, 5.41) is 0. The zero-order valence-electron chi connectivity index (χ0n) is 18.6. The molecule has 0 aliphatic heterocycles. The van der Waals surface area contributed by atoms with Crippen molar-refractivity contribution < 1.29 is 14.3 Å². The fraction of sp³-hybridized carbons (Fsp3) is 0.480. The Morgan fingerprint density at radius 1 is 0.931 bits per heavy atom. The van der Waals surface area contributed by atoms with Crippen molar-refractivity contribution >= 4 is 5.91 Å². The van der Waals surface area contributed by atoms with Crippen LogP contribution in [0.1, 0.15) is 58.1 Å². The maximum Gasteiger partial charge on any atom is 0.219 e. The van der Waals surface area contributed by atoms with E-state index in [0.717, 1.165) is 30.0 Å². The van der Waals surface area contributed by atoms with Crippen molar-refractivity contribution in [2.45, 2.75) is 59.6 Å². The molecule has 0 fully saturated rings. The van der Waals surface area contributed by atoms with E-state index in [0.29, 0.717) is 18.4 Å². The lowest BCUT2D eigenvalue weighted by Gasteiger charge is -2.27. The van der Waals surface area contributed by atoms with Gasteiger partial charge in [-0.05, 0) is 67.5 Å². The second kappa shape index (κ2) is 10.9. The molecular formula is C25H35NO3. The second-order valence-corrected chi connectivity index (χ2v) is 8.16. The van der Waals surface area contributed by atoms with Crippen LogP contribution in [0.3, 0.4) is 0 Å². The number of carbonyl (C=O) groups excluding carboxylic acids is 1. The van der Waals surface area contributed by atoms with Crippen LogP contribution in [0.5, 0.6) is 11.5 Å². The zero-order valence-corrected chi connectivity index (χ0v) is 18.6. The van der Waals surface area contributed by atoms with Gasteiger partial charge >= 0.3 is 0 Å². The Balaban J connectivity index is 2.03. The maximum atomic E-state index is 12.2. The quantitative estimate of drug-likeness (QED) is 0.519. The average Bonchev–Trinajstić information content (AvgIpc) is 2.68. The van der Waals surface area contributed by atoms with Crippen molar-refractivity contribution in [1.29, 1.82) is 0 Å². The molecule has 0 saturated carbocycles. The Labute approximate surface area is 175 Å². The van der Waals surface area contributed by atoms with Gasteiger partial charge in [-0.15, -0.1) is 0 Å². The second-order valence-electron chi connectivity index (χ2n) is 8.16. The Hall–Kier alpha value is -2.49. The van der Waals surface area contributed by atoms with E-state index >= 15 is 0 Å². The zero-order chi connectivity index (χ0) is 21.4. The third kappa shape index (κ3) is 7.12. The Morgan fingerprint density at radius 3 is 2.00 bits per heavy atom. The fourth-order valence-electron chi connectivity index (χ4n) is 3.54. The van der Waals surface area contributed by atoms with Gasteiger partial charge in [-0.1, -0.05) is 38.1 Å². The summed E-state index contributed by atoms with van der Waals surface area (Å²) in [5.74, 6) is 2.71. The third-order valence-electron chi connectivity index (χ3n) is 5.17. The summed E-state index contributed by atoms with van der Waals surface area (Å²) in [6.07, 6.45) is 1.08. The molecule has 0 radical (unpaired) electrons. The Bertz CT molecular complexity index is 751. The highest BCUT2D eigenvalue weighted by atomic mass is 16.5. The molecule has 2 aromatic carbocycles. The van der Waals surface area contributed by atoms with Crippen LogP contribution in [-0.4, -0.2) is 30.6 Å². The van der Waals surface area contributed by atoms with Gasteiger partial charge in [0.2, 0.25) is 5.91 Å². The number of nitrogens with zero attached hydrogens (tertiary/aromatic N) is 1. The minimum absolute atomic E-state index is 0.102. The molecule has 4 heteroatoms. The first-order valence-electron chi connectivity index (χ1n) is 10.4. The third-order valence-corrected chi connectivity index (χ3v) is 5.17. The van der Waals surface area contributed by atoms with Crippen LogP contribution in [0.15, 0.2) is 48.5 Å². The predicted molar refractivity (Wildman–Crippen MR) is 118 cm³/mol. The van der Waals surface area contributed by atoms with Crippen molar-refractivity contribution in [3.05, 3.63) is 59.7 Å². The summed E-state index contributed by atoms with van der Waals surface area (Å²) in [7, 11) is 1.68. The van der Waals surface area contributed by atoms with Gasteiger partial charge in [0.05, 0.1) is 13.2 Å². The van der Waals surface area contributed by atoms with Gasteiger partial charge in [-0.3, -0.25) is 4.79 Å². The number of carbonyl (C=O) groups is 1. The summed E-state index contributed by atoms with van der Waals surface area (Å²) in [6, 6.07) is 16.3. The van der Waals surface area contributed by atoms with Gasteiger partial charge in [0.15, 0.2) is 0 Å². The summed E-state index contributed by atoms with van der Waals surface area (Å²) >= 11 is 0. The van der Waals surface area contributed by atoms with E-state index in [4.69, 9.17) is 9.47 Å². The van der Waals surface area contributed by atoms with Crippen LogP contribution < -0.4 is 9.47 Å². The number of ether oxygens (including phenoxy) is 2. The highest BCUT2D eigenvalue weighted by molar-refractivity contribution is 5.73. The summed E-state index contributed by atoms with van der Waals surface area (Å²) in [5.41, 5.74) is 2.40. The lowest BCUT2D eigenvalue weighted by atomic mass is 9.85. The highest BCUT2D eigenvalue weighted by Gasteiger charge is 2.19. The Kier molecular flexibility index (Phi) is 8.56. The molecule has 0 heterocycles. The smallest absolute Gasteiger partial charge is 0.219 e. The monoisotopic (exact) mass is 397 g/mol. The van der Waals surface area contributed by atoms with Crippen molar-refractivity contribution in [3.63, 3.8) is 0 Å². The molecule has 1 amide bonds. The molecule has 0 N–H and O–H groups in total. The number of hydrogen-bond acceptors (Lipinski definition) is 3. The Morgan fingerprint density at radius 2 is 1.52 bits per heavy atom. The lowest BCUT2D eigenvalue weighted by molar-refractivity contribution is -0.129. The molecular weight excluding hydrogens is 362 g/mol. The first-order valence-corrected chi connectivity index (χ1v) is 10.4. The number of rotatable bonds is 10. The van der Waals surface area contributed by atoms with Gasteiger partial charge < -0.3 is 14.4 Å². The largest absolute Gasteiger partial charge is 0.497 e. The fourth-order valence-corrected chi connectivity index (χ4v) is 3.54. The average molecular weight is 398 g/mol. The van der Waals surface area contributed by atoms with Crippen LogP contribution in [0, 0.1) is 5.92 Å². The van der Waals surface area contributed by atoms with Crippen molar-refractivity contribution in [3.8, 4) is 11.5 Å². The molecule has 2 aromatic rings. The summed E-state index contributed by atoms with van der Waals surface area (Å²) < 4.78 is 11.0. The van der Waals surface area contributed by atoms with Crippen LogP contribution in [0.2, 0.25) is 0 Å². The van der Waals surface area contributed by atoms with Gasteiger partial charge in [0.25, 0.3) is 0 Å². The minimum atomic E-state index is 0.102. The number of benzene rings is 2. The van der Waals surface area contributed by atoms with Crippen molar-refractivity contribution in [1.82, 2.24) is 4.90 Å². The van der Waals surface area contributed by atoms with Crippen molar-refractivity contribution in [2.75, 3.05) is 13.7 Å². The predicted octanol–water partition coefficient (Wildman–Crippen LogP) is 5.66. The molecule has 2 rings (SSSR count). The first kappa shape index (κ1) is 22.8. The standard InChI is InChI=1S/C25H35NO3/c1-18(2)25(22-9-13-23(28-6)14-10-22)15-16-26(20(5)27)17-21-7-11-24(12-8-21)29-19(3)4/h7-14,18-19,25H,15-17H2,1-6H3. The number of methoxy groups -OCH3 is 1. The molecule has 0 bridgehead atoms. The van der Waals surface area contributed by atoms with Gasteiger partial charge in [0, 0.05) is 20.0 Å². The molecule has 29 heavy (non-hydrogen) atoms. The molecule has 158 valence electrons. The minimum Gasteiger partial charge on any atom is -0.497 e. The maximum absolute atomic E-state index is 12.2. The number of amides is 1. The highest BCUT2D eigenvalue weighted by Crippen LogP contribution is 2.30. The van der Waals surface area contributed by atoms with Gasteiger partial charge in [-0.25, -0.2) is 0 Å². The van der Waals surface area contributed by atoms with Crippen LogP contribution in [0.4, 0.5) is 0 Å². The molecule has 1 unspecified atom stereocenters. The van der Waals surface area contributed by atoms with Gasteiger partial charge in [-0.2, -0.15) is 0 Å². The lowest BCUT2D eigenvalue weighted by Crippen LogP contribution is -2.30. The summed E-state index contributed by atoms with van der Waals surface area (Å²) in [6.45, 7) is 11.5. The van der Waals surface area contributed by atoms with Crippen LogP contribution in [0.25, 0.3) is 0 Å². The molecule has 0 aliphatic rings. The molecule has 4 nitrogen and oxygen atoms in total. The van der Waals surface area contributed by atoms with Crippen LogP contribution >= 0.6 is 0 Å². The summed E-state index contributed by atoms with van der Waals surface area (Å²) in [4.78, 5) is 14.2. The van der Waals surface area contributed by atoms with E-state index in [1.807, 2.05) is 55.1 Å². The molecule has 0 aliphatic carbocycles. The van der Waals surface area contributed by atoms with E-state index in [1.165, 1.54) is 5.56 Å². The topological polar surface area (TPSA) is 38.8 Å². The van der Waals surface area contributed by atoms with E-state index in [1.54, 1.807) is 14.0 Å². The van der Waals surface area contributed by atoms with Crippen LogP contribution in [-0.2, 0) is 11.3 Å². The van der Waals surface area contributed by atoms with E-state index in [2.05, 4.69) is 26.0 Å². The normalized spacial score (nSPS) is 12.1. The molecule has 0 saturated heterocycles.